The van der Waals surface area contributed by atoms with Crippen LogP contribution >= 0.6 is 43.2 Å². The summed E-state index contributed by atoms with van der Waals surface area (Å²) in [5.41, 5.74) is 1.05. The van der Waals surface area contributed by atoms with Gasteiger partial charge in [0.05, 0.1) is 13.5 Å². The van der Waals surface area contributed by atoms with E-state index >= 15 is 0 Å². The molecule has 0 aliphatic rings. The first kappa shape index (κ1) is 17.2. The van der Waals surface area contributed by atoms with E-state index < -0.39 is 0 Å². The Morgan fingerprint density at radius 3 is 2.58 bits per heavy atom. The van der Waals surface area contributed by atoms with Gasteiger partial charge in [-0.2, -0.15) is 0 Å². The van der Waals surface area contributed by atoms with Gasteiger partial charge in [-0.25, -0.2) is 0 Å². The van der Waals surface area contributed by atoms with Gasteiger partial charge in [0.25, 0.3) is 0 Å². The summed E-state index contributed by atoms with van der Waals surface area (Å²) in [6.45, 7) is 6.11. The lowest BCUT2D eigenvalue weighted by molar-refractivity contribution is -0.154. The molecule has 19 heavy (non-hydrogen) atoms. The number of thiophene rings is 1. The standard InChI is InChI=1S/C14H20Br2O2S/c1-4-6-7-9(3)14(17)18-11(5-2)10-8-12(15)19-13(10)16/h8-9,11H,4-7H2,1-3H3. The highest BCUT2D eigenvalue weighted by molar-refractivity contribution is 9.12. The number of ether oxygens (including phenoxy) is 1. The number of rotatable bonds is 7. The van der Waals surface area contributed by atoms with Crippen LogP contribution in [-0.2, 0) is 9.53 Å². The molecule has 1 rings (SSSR count). The first-order valence-electron chi connectivity index (χ1n) is 6.64. The van der Waals surface area contributed by atoms with E-state index in [1.165, 1.54) is 0 Å². The van der Waals surface area contributed by atoms with Gasteiger partial charge in [-0.1, -0.05) is 33.6 Å². The zero-order chi connectivity index (χ0) is 14.4. The second-order valence-electron chi connectivity index (χ2n) is 4.66. The van der Waals surface area contributed by atoms with Crippen LogP contribution in [0.25, 0.3) is 0 Å². The van der Waals surface area contributed by atoms with E-state index in [0.29, 0.717) is 0 Å². The van der Waals surface area contributed by atoms with Crippen molar-refractivity contribution in [3.8, 4) is 0 Å². The summed E-state index contributed by atoms with van der Waals surface area (Å²) in [7, 11) is 0. The summed E-state index contributed by atoms with van der Waals surface area (Å²) in [4.78, 5) is 12.1. The van der Waals surface area contributed by atoms with E-state index in [4.69, 9.17) is 4.74 Å². The third-order valence-electron chi connectivity index (χ3n) is 3.05. The molecule has 0 saturated carbocycles. The average Bonchev–Trinajstić information content (AvgIpc) is 2.71. The quantitative estimate of drug-likeness (QED) is 0.507. The van der Waals surface area contributed by atoms with Gasteiger partial charge in [0.2, 0.25) is 0 Å². The lowest BCUT2D eigenvalue weighted by Gasteiger charge is -2.18. The molecule has 2 nitrogen and oxygen atoms in total. The predicted molar refractivity (Wildman–Crippen MR) is 87.5 cm³/mol. The number of carbonyl (C=O) groups excluding carboxylic acids is 1. The Morgan fingerprint density at radius 2 is 2.11 bits per heavy atom. The van der Waals surface area contributed by atoms with Gasteiger partial charge in [-0.3, -0.25) is 4.79 Å². The smallest absolute Gasteiger partial charge is 0.309 e. The summed E-state index contributed by atoms with van der Waals surface area (Å²) in [6, 6.07) is 2.02. The van der Waals surface area contributed by atoms with E-state index in [0.717, 1.165) is 38.8 Å². The number of hydrogen-bond donors (Lipinski definition) is 0. The second-order valence-corrected chi connectivity index (χ2v) is 8.41. The van der Waals surface area contributed by atoms with Crippen LogP contribution in [-0.4, -0.2) is 5.97 Å². The van der Waals surface area contributed by atoms with Crippen molar-refractivity contribution in [3.05, 3.63) is 19.2 Å². The molecule has 0 amide bonds. The van der Waals surface area contributed by atoms with Crippen molar-refractivity contribution in [2.24, 2.45) is 5.92 Å². The van der Waals surface area contributed by atoms with Crippen molar-refractivity contribution < 1.29 is 9.53 Å². The van der Waals surface area contributed by atoms with Gasteiger partial charge in [0.1, 0.15) is 6.10 Å². The molecule has 1 aromatic rings. The SMILES string of the molecule is CCCCC(C)C(=O)OC(CC)c1cc(Br)sc1Br. The fourth-order valence-corrected chi connectivity index (χ4v) is 4.77. The molecular formula is C14H20Br2O2S. The number of carbonyl (C=O) groups is 1. The molecule has 1 heterocycles. The molecular weight excluding hydrogens is 392 g/mol. The number of hydrogen-bond acceptors (Lipinski definition) is 3. The Kier molecular flexibility index (Phi) is 7.62. The second kappa shape index (κ2) is 8.42. The highest BCUT2D eigenvalue weighted by Gasteiger charge is 2.22. The molecule has 0 fully saturated rings. The molecule has 0 radical (unpaired) electrons. The molecule has 5 heteroatoms. The maximum Gasteiger partial charge on any atom is 0.309 e. The zero-order valence-electron chi connectivity index (χ0n) is 11.5. The van der Waals surface area contributed by atoms with Crippen molar-refractivity contribution in [2.45, 2.75) is 52.6 Å². The Labute approximate surface area is 136 Å². The van der Waals surface area contributed by atoms with E-state index in [1.54, 1.807) is 11.3 Å². The summed E-state index contributed by atoms with van der Waals surface area (Å²) in [5.74, 6) is -0.107. The van der Waals surface area contributed by atoms with Crippen LogP contribution in [0.15, 0.2) is 13.6 Å². The van der Waals surface area contributed by atoms with Crippen molar-refractivity contribution in [1.82, 2.24) is 0 Å². The minimum absolute atomic E-state index is 0.0187. The van der Waals surface area contributed by atoms with Crippen molar-refractivity contribution in [1.29, 1.82) is 0 Å². The molecule has 0 saturated heterocycles. The van der Waals surface area contributed by atoms with Crippen LogP contribution in [0.2, 0.25) is 0 Å². The summed E-state index contributed by atoms with van der Waals surface area (Å²) in [6.07, 6.45) is 3.71. The van der Waals surface area contributed by atoms with Crippen LogP contribution in [0.3, 0.4) is 0 Å². The third kappa shape index (κ3) is 5.20. The van der Waals surface area contributed by atoms with Gasteiger partial charge in [0, 0.05) is 5.56 Å². The zero-order valence-corrected chi connectivity index (χ0v) is 15.5. The number of unbranched alkanes of at least 4 members (excludes halogenated alkanes) is 1. The van der Waals surface area contributed by atoms with Crippen molar-refractivity contribution in [2.75, 3.05) is 0 Å². The molecule has 1 aromatic heterocycles. The van der Waals surface area contributed by atoms with Crippen LogP contribution in [0, 0.1) is 5.92 Å². The minimum atomic E-state index is -0.159. The van der Waals surface area contributed by atoms with E-state index in [1.807, 2.05) is 19.9 Å². The predicted octanol–water partition coefficient (Wildman–Crippen LogP) is 6.09. The van der Waals surface area contributed by atoms with E-state index in [9.17, 15) is 4.79 Å². The fourth-order valence-electron chi connectivity index (χ4n) is 1.82. The minimum Gasteiger partial charge on any atom is -0.457 e. The molecule has 0 aliphatic heterocycles. The van der Waals surface area contributed by atoms with Gasteiger partial charge in [-0.15, -0.1) is 11.3 Å². The highest BCUT2D eigenvalue weighted by Crippen LogP contribution is 2.38. The summed E-state index contributed by atoms with van der Waals surface area (Å²) < 4.78 is 7.73. The summed E-state index contributed by atoms with van der Waals surface area (Å²) >= 11 is 8.59. The third-order valence-corrected chi connectivity index (χ3v) is 5.44. The lowest BCUT2D eigenvalue weighted by atomic mass is 10.0. The summed E-state index contributed by atoms with van der Waals surface area (Å²) in [5, 5.41) is 0. The monoisotopic (exact) mass is 410 g/mol. The van der Waals surface area contributed by atoms with Gasteiger partial charge in [0.15, 0.2) is 0 Å². The van der Waals surface area contributed by atoms with Gasteiger partial charge >= 0.3 is 5.97 Å². The molecule has 0 aromatic carbocycles. The first-order valence-corrected chi connectivity index (χ1v) is 9.05. The van der Waals surface area contributed by atoms with Gasteiger partial charge < -0.3 is 4.74 Å². The van der Waals surface area contributed by atoms with Crippen LogP contribution in [0.1, 0.15) is 58.1 Å². The van der Waals surface area contributed by atoms with Gasteiger partial charge in [-0.05, 0) is 50.8 Å². The molecule has 0 bridgehead atoms. The normalized spacial score (nSPS) is 14.2. The van der Waals surface area contributed by atoms with Crippen molar-refractivity contribution >= 4 is 49.2 Å². The Bertz CT molecular complexity index is 418. The topological polar surface area (TPSA) is 26.3 Å². The molecule has 0 spiro atoms. The maximum atomic E-state index is 12.1. The first-order chi connectivity index (χ1) is 8.99. The number of halogens is 2. The average molecular weight is 412 g/mol. The molecule has 0 aliphatic carbocycles. The van der Waals surface area contributed by atoms with E-state index in [2.05, 4.69) is 38.8 Å². The Hall–Kier alpha value is 0.130. The maximum absolute atomic E-state index is 12.1. The highest BCUT2D eigenvalue weighted by atomic mass is 79.9. The molecule has 2 unspecified atom stereocenters. The van der Waals surface area contributed by atoms with Crippen LogP contribution < -0.4 is 0 Å². The molecule has 0 N–H and O–H groups in total. The Balaban J connectivity index is 2.66. The lowest BCUT2D eigenvalue weighted by Crippen LogP contribution is -2.18. The van der Waals surface area contributed by atoms with Crippen LogP contribution in [0.4, 0.5) is 0 Å². The fraction of sp³-hybridized carbons (Fsp3) is 0.643. The number of esters is 1. The Morgan fingerprint density at radius 1 is 1.42 bits per heavy atom. The van der Waals surface area contributed by atoms with Crippen LogP contribution in [0.5, 0.6) is 0 Å². The van der Waals surface area contributed by atoms with Crippen molar-refractivity contribution in [3.63, 3.8) is 0 Å². The molecule has 2 atom stereocenters. The van der Waals surface area contributed by atoms with E-state index in [-0.39, 0.29) is 18.0 Å². The molecule has 108 valence electrons. The largest absolute Gasteiger partial charge is 0.457 e.